The highest BCUT2D eigenvalue weighted by atomic mass is 16.2. The second-order valence-corrected chi connectivity index (χ2v) is 10.4. The topological polar surface area (TPSA) is 93.2 Å². The Hall–Kier alpha value is -4.82. The van der Waals surface area contributed by atoms with Crippen molar-refractivity contribution in [3.8, 4) is 28.3 Å². The molecule has 3 aromatic heterocycles. The van der Waals surface area contributed by atoms with Gasteiger partial charge in [-0.3, -0.25) is 14.3 Å². The third-order valence-corrected chi connectivity index (χ3v) is 8.05. The minimum atomic E-state index is 0.0400. The number of nitrogens with zero attached hydrogens (tertiary/aromatic N) is 6. The molecule has 0 aliphatic carbocycles. The lowest BCUT2D eigenvalue weighted by molar-refractivity contribution is -0.128. The Balaban J connectivity index is 1.24. The summed E-state index contributed by atoms with van der Waals surface area (Å²) < 4.78 is 2.06. The van der Waals surface area contributed by atoms with Crippen LogP contribution < -0.4 is 5.73 Å². The van der Waals surface area contributed by atoms with Gasteiger partial charge in [-0.2, -0.15) is 0 Å². The number of fused-ring (bicyclic) bond motifs is 3. The third kappa shape index (κ3) is 4.13. The van der Waals surface area contributed by atoms with Crippen LogP contribution in [0, 0.1) is 0 Å². The summed E-state index contributed by atoms with van der Waals surface area (Å²) in [6.07, 6.45) is 4.14. The molecule has 2 aliphatic heterocycles. The maximum atomic E-state index is 12.1. The number of anilines is 1. The Morgan fingerprint density at radius 2 is 1.77 bits per heavy atom. The summed E-state index contributed by atoms with van der Waals surface area (Å²) in [5.74, 6) is 1.17. The monoisotopic (exact) mass is 527 g/mol. The highest BCUT2D eigenvalue weighted by molar-refractivity contribution is 5.88. The standard InChI is InChI=1S/C32H29N7O/c1-2-29(40)38-20-24-17-25(38)19-37(24)18-21-10-12-23(13-11-21)39-31(26-9-6-16-34-30(26)33)36-28-15-14-27(35-32(28)39)22-7-4-3-5-8-22/h2-16,24-25H,1,17-20H2,(H2,33,34)/t24-,25-/m0/s1. The fraction of sp³-hybridized carbons (Fsp3) is 0.188. The number of nitrogen functional groups attached to an aromatic ring is 1. The molecule has 0 radical (unpaired) electrons. The summed E-state index contributed by atoms with van der Waals surface area (Å²) >= 11 is 0. The summed E-state index contributed by atoms with van der Waals surface area (Å²) in [5.41, 5.74) is 12.7. The molecule has 5 aromatic rings. The number of carbonyl (C=O) groups is 1. The summed E-state index contributed by atoms with van der Waals surface area (Å²) in [7, 11) is 0. The first-order valence-electron chi connectivity index (χ1n) is 13.5. The predicted molar refractivity (Wildman–Crippen MR) is 156 cm³/mol. The fourth-order valence-corrected chi connectivity index (χ4v) is 6.07. The van der Waals surface area contributed by atoms with E-state index in [1.165, 1.54) is 11.6 Å². The number of imidazole rings is 1. The second kappa shape index (κ2) is 9.73. The van der Waals surface area contributed by atoms with Crippen LogP contribution in [0.3, 0.4) is 0 Å². The minimum absolute atomic E-state index is 0.0400. The van der Waals surface area contributed by atoms with E-state index >= 15 is 0 Å². The first kappa shape index (κ1) is 24.2. The van der Waals surface area contributed by atoms with Crippen LogP contribution in [0.4, 0.5) is 5.82 Å². The number of benzene rings is 2. The average Bonchev–Trinajstić information content (AvgIpc) is 3.70. The van der Waals surface area contributed by atoms with Gasteiger partial charge in [-0.15, -0.1) is 0 Å². The summed E-state index contributed by atoms with van der Waals surface area (Å²) in [6, 6.07) is 27.2. The molecule has 7 rings (SSSR count). The molecule has 2 aliphatic rings. The van der Waals surface area contributed by atoms with E-state index in [1.54, 1.807) is 6.20 Å². The number of hydrogen-bond acceptors (Lipinski definition) is 6. The molecule has 0 unspecified atom stereocenters. The van der Waals surface area contributed by atoms with Gasteiger partial charge in [0.25, 0.3) is 0 Å². The third-order valence-electron chi connectivity index (χ3n) is 8.05. The maximum Gasteiger partial charge on any atom is 0.246 e. The predicted octanol–water partition coefficient (Wildman–Crippen LogP) is 4.70. The van der Waals surface area contributed by atoms with Gasteiger partial charge in [0, 0.05) is 49.2 Å². The van der Waals surface area contributed by atoms with Crippen molar-refractivity contribution in [1.29, 1.82) is 0 Å². The van der Waals surface area contributed by atoms with E-state index < -0.39 is 0 Å². The molecule has 5 heterocycles. The van der Waals surface area contributed by atoms with E-state index in [0.717, 1.165) is 59.7 Å². The molecule has 1 amide bonds. The van der Waals surface area contributed by atoms with E-state index in [2.05, 4.69) is 57.4 Å². The lowest BCUT2D eigenvalue weighted by Gasteiger charge is -2.33. The van der Waals surface area contributed by atoms with Crippen LogP contribution in [-0.2, 0) is 11.3 Å². The highest BCUT2D eigenvalue weighted by Gasteiger charge is 2.44. The summed E-state index contributed by atoms with van der Waals surface area (Å²) in [5, 5.41) is 0. The highest BCUT2D eigenvalue weighted by Crippen LogP contribution is 2.34. The molecular formula is C32H29N7O. The van der Waals surface area contributed by atoms with Gasteiger partial charge < -0.3 is 10.6 Å². The number of hydrogen-bond donors (Lipinski definition) is 1. The Labute approximate surface area is 232 Å². The molecule has 0 saturated carbocycles. The van der Waals surface area contributed by atoms with E-state index in [1.807, 2.05) is 47.4 Å². The summed E-state index contributed by atoms with van der Waals surface area (Å²) in [6.45, 7) is 6.17. The molecule has 8 heteroatoms. The maximum absolute atomic E-state index is 12.1. The van der Waals surface area contributed by atoms with Crippen LogP contribution >= 0.6 is 0 Å². The molecule has 2 fully saturated rings. The second-order valence-electron chi connectivity index (χ2n) is 10.4. The number of piperazine rings is 1. The quantitative estimate of drug-likeness (QED) is 0.322. The van der Waals surface area contributed by atoms with E-state index in [4.69, 9.17) is 15.7 Å². The van der Waals surface area contributed by atoms with Gasteiger partial charge in [-0.25, -0.2) is 15.0 Å². The van der Waals surface area contributed by atoms with Crippen LogP contribution in [0.5, 0.6) is 0 Å². The molecular weight excluding hydrogens is 498 g/mol. The number of pyridine rings is 2. The fourth-order valence-electron chi connectivity index (χ4n) is 6.07. The number of nitrogens with two attached hydrogens (primary N) is 1. The molecule has 2 N–H and O–H groups in total. The number of amides is 1. The van der Waals surface area contributed by atoms with E-state index in [0.29, 0.717) is 17.7 Å². The van der Waals surface area contributed by atoms with Crippen LogP contribution in [0.15, 0.2) is 97.7 Å². The molecule has 40 heavy (non-hydrogen) atoms. The van der Waals surface area contributed by atoms with Crippen molar-refractivity contribution in [2.45, 2.75) is 25.0 Å². The first-order valence-corrected chi connectivity index (χ1v) is 13.5. The lowest BCUT2D eigenvalue weighted by Crippen LogP contribution is -2.47. The van der Waals surface area contributed by atoms with Gasteiger partial charge in [0.15, 0.2) is 11.5 Å². The molecule has 8 nitrogen and oxygen atoms in total. The first-order chi connectivity index (χ1) is 19.6. The van der Waals surface area contributed by atoms with Crippen molar-refractivity contribution >= 4 is 22.9 Å². The molecule has 198 valence electrons. The number of rotatable bonds is 6. The lowest BCUT2D eigenvalue weighted by atomic mass is 10.1. The Bertz CT molecular complexity index is 1730. The SMILES string of the molecule is C=CC(=O)N1C[C@@H]2C[C@H]1CN2Cc1ccc(-n2c(-c3cccnc3N)nc3ccc(-c4ccccc4)nc32)cc1. The Morgan fingerprint density at radius 3 is 2.50 bits per heavy atom. The van der Waals surface area contributed by atoms with Gasteiger partial charge in [0.1, 0.15) is 11.3 Å². The van der Waals surface area contributed by atoms with Crippen molar-refractivity contribution in [3.05, 3.63) is 103 Å². The Kier molecular flexibility index (Phi) is 5.90. The van der Waals surface area contributed by atoms with Crippen LogP contribution in [0.2, 0.25) is 0 Å². The van der Waals surface area contributed by atoms with Crippen LogP contribution in [0.1, 0.15) is 12.0 Å². The molecule has 2 bridgehead atoms. The summed E-state index contributed by atoms with van der Waals surface area (Å²) in [4.78, 5) is 30.9. The van der Waals surface area contributed by atoms with Crippen molar-refractivity contribution in [1.82, 2.24) is 29.3 Å². The number of likely N-dealkylation sites (tertiary alicyclic amines) is 2. The smallest absolute Gasteiger partial charge is 0.246 e. The van der Waals surface area contributed by atoms with Crippen molar-refractivity contribution in [3.63, 3.8) is 0 Å². The molecule has 2 aromatic carbocycles. The van der Waals surface area contributed by atoms with Gasteiger partial charge in [-0.1, -0.05) is 49.0 Å². The van der Waals surface area contributed by atoms with Crippen molar-refractivity contribution in [2.75, 3.05) is 18.8 Å². The number of aromatic nitrogens is 4. The zero-order chi connectivity index (χ0) is 27.2. The Morgan fingerprint density at radius 1 is 0.950 bits per heavy atom. The van der Waals surface area contributed by atoms with Gasteiger partial charge >= 0.3 is 0 Å². The van der Waals surface area contributed by atoms with Crippen molar-refractivity contribution in [2.24, 2.45) is 0 Å². The average molecular weight is 528 g/mol. The zero-order valence-corrected chi connectivity index (χ0v) is 22.0. The van der Waals surface area contributed by atoms with Gasteiger partial charge in [-0.05, 0) is 54.5 Å². The van der Waals surface area contributed by atoms with E-state index in [9.17, 15) is 4.79 Å². The normalized spacial score (nSPS) is 18.4. The zero-order valence-electron chi connectivity index (χ0n) is 22.0. The molecule has 0 spiro atoms. The molecule has 2 saturated heterocycles. The van der Waals surface area contributed by atoms with Crippen LogP contribution in [-0.4, -0.2) is 60.4 Å². The van der Waals surface area contributed by atoms with E-state index in [-0.39, 0.29) is 11.9 Å². The van der Waals surface area contributed by atoms with Gasteiger partial charge in [0.05, 0.1) is 11.3 Å². The van der Waals surface area contributed by atoms with Crippen LogP contribution in [0.25, 0.3) is 39.5 Å². The minimum Gasteiger partial charge on any atom is -0.383 e. The van der Waals surface area contributed by atoms with Crippen molar-refractivity contribution < 1.29 is 4.79 Å². The largest absolute Gasteiger partial charge is 0.383 e. The molecule has 2 atom stereocenters. The number of carbonyl (C=O) groups excluding carboxylic acids is 1. The van der Waals surface area contributed by atoms with Gasteiger partial charge in [0.2, 0.25) is 5.91 Å².